The number of aliphatic carboxylic acids is 1. The molecule has 2 unspecified atom stereocenters. The number of amidine groups is 1. The fraction of sp³-hybridized carbons (Fsp3) is 0.276. The summed E-state index contributed by atoms with van der Waals surface area (Å²) < 4.78 is 15.7. The molecule has 0 saturated carbocycles. The number of H-pyrrole nitrogens is 2. The molecule has 0 spiro atoms. The van der Waals surface area contributed by atoms with Crippen molar-refractivity contribution in [2.45, 2.75) is 31.6 Å². The molecule has 17 heteroatoms. The summed E-state index contributed by atoms with van der Waals surface area (Å²) in [6.07, 6.45) is -0.215. The molecule has 1 fully saturated rings. The van der Waals surface area contributed by atoms with E-state index >= 15 is 0 Å². The van der Waals surface area contributed by atoms with Gasteiger partial charge < -0.3 is 35.1 Å². The number of hydrogen-bond acceptors (Lipinski definition) is 12. The number of carboxylic acid groups (broad SMARTS) is 1. The van der Waals surface area contributed by atoms with E-state index in [1.165, 1.54) is 32.4 Å². The van der Waals surface area contributed by atoms with Crippen molar-refractivity contribution in [3.63, 3.8) is 0 Å². The molecular weight excluding hydrogens is 626 g/mol. The van der Waals surface area contributed by atoms with Crippen LogP contribution in [0.1, 0.15) is 47.8 Å². The van der Waals surface area contributed by atoms with Crippen molar-refractivity contribution in [1.29, 1.82) is 0 Å². The first-order chi connectivity index (χ1) is 21.9. The Balaban J connectivity index is 0.00000136. The molecule has 16 nitrogen and oxygen atoms in total. The lowest BCUT2D eigenvalue weighted by atomic mass is 9.99. The van der Waals surface area contributed by atoms with E-state index in [0.717, 1.165) is 18.7 Å². The van der Waals surface area contributed by atoms with E-state index in [0.29, 0.717) is 22.6 Å². The third kappa shape index (κ3) is 9.21. The molecule has 0 bridgehead atoms. The topological polar surface area (TPSA) is 239 Å². The Labute approximate surface area is 265 Å². The summed E-state index contributed by atoms with van der Waals surface area (Å²) in [4.78, 5) is 79.5. The molecule has 244 valence electrons. The van der Waals surface area contributed by atoms with Gasteiger partial charge in [-0.25, -0.2) is 14.6 Å². The molecule has 46 heavy (non-hydrogen) atoms. The lowest BCUT2D eigenvalue weighted by Gasteiger charge is -2.18. The maximum Gasteiger partial charge on any atom is 0.338 e. The highest BCUT2D eigenvalue weighted by molar-refractivity contribution is 8.15. The van der Waals surface area contributed by atoms with E-state index in [2.05, 4.69) is 25.6 Å². The molecule has 0 radical (unpaired) electrons. The molecule has 3 aromatic rings. The van der Waals surface area contributed by atoms with Crippen LogP contribution in [0.2, 0.25) is 0 Å². The van der Waals surface area contributed by atoms with Crippen molar-refractivity contribution < 1.29 is 43.6 Å². The van der Waals surface area contributed by atoms with E-state index in [4.69, 9.17) is 24.1 Å². The van der Waals surface area contributed by atoms with Crippen LogP contribution in [0.15, 0.2) is 57.0 Å². The number of esters is 1. The largest absolute Gasteiger partial charge is 0.497 e. The standard InChI is InChI=1S/C27H27N5O9S.C2H4O2/c1-4-41-25(37)13-5-7-14(8-6-13)28-19(33)12-18-22(34)32-27(42-18)29-21(20-23(35)30-26(38)31-24(20)36)16-11-15(39-2)9-10-17(16)40-3;1-2(3)4/h5-11,18,21H,4,12H2,1-3H3,(H,28,33)(H,29,32,34)(H3,30,31,35,36,38);1H3,(H,3,4). The summed E-state index contributed by atoms with van der Waals surface area (Å²) in [5, 5.41) is 22.4. The highest BCUT2D eigenvalue weighted by atomic mass is 32.2. The number of amides is 2. The number of thioether (sulfide) groups is 1. The summed E-state index contributed by atoms with van der Waals surface area (Å²) in [6, 6.07) is 9.57. The number of rotatable bonds is 10. The van der Waals surface area contributed by atoms with Gasteiger partial charge in [-0.3, -0.25) is 29.1 Å². The lowest BCUT2D eigenvalue weighted by Crippen LogP contribution is -2.29. The van der Waals surface area contributed by atoms with Gasteiger partial charge in [-0.2, -0.15) is 0 Å². The van der Waals surface area contributed by atoms with Gasteiger partial charge in [0.2, 0.25) is 17.7 Å². The maximum absolute atomic E-state index is 12.8. The Morgan fingerprint density at radius 2 is 1.72 bits per heavy atom. The molecule has 1 aliphatic rings. The number of hydrogen-bond donors (Lipinski definition) is 6. The fourth-order valence-electron chi connectivity index (χ4n) is 4.08. The number of aromatic amines is 2. The zero-order valence-corrected chi connectivity index (χ0v) is 25.9. The van der Waals surface area contributed by atoms with Crippen LogP contribution in [0.3, 0.4) is 0 Å². The second-order valence-electron chi connectivity index (χ2n) is 9.28. The van der Waals surface area contributed by atoms with Crippen molar-refractivity contribution >= 4 is 46.4 Å². The SMILES string of the molecule is CC(=O)O.CCOC(=O)c1ccc(NC(=O)CC2SC(=NC(c3cc(OC)ccc3OC)c3c(O)[nH]c(=O)[nH]c3=O)NC2=O)cc1. The summed E-state index contributed by atoms with van der Waals surface area (Å²) >= 11 is 0.955. The summed E-state index contributed by atoms with van der Waals surface area (Å²) in [6.45, 7) is 3.02. The molecule has 1 saturated heterocycles. The number of aromatic hydroxyl groups is 1. The molecule has 2 heterocycles. The van der Waals surface area contributed by atoms with Gasteiger partial charge in [-0.1, -0.05) is 11.8 Å². The molecule has 2 atom stereocenters. The normalized spacial score (nSPS) is 15.2. The monoisotopic (exact) mass is 657 g/mol. The zero-order chi connectivity index (χ0) is 34.0. The van der Waals surface area contributed by atoms with Gasteiger partial charge in [0.05, 0.1) is 26.4 Å². The quantitative estimate of drug-likeness (QED) is 0.171. The molecule has 2 aromatic carbocycles. The second-order valence-corrected chi connectivity index (χ2v) is 10.5. The van der Waals surface area contributed by atoms with Crippen LogP contribution in [0.25, 0.3) is 0 Å². The number of carbonyl (C=O) groups excluding carboxylic acids is 3. The number of carboxylic acids is 1. The Hall–Kier alpha value is -5.58. The van der Waals surface area contributed by atoms with E-state index in [1.807, 2.05) is 0 Å². The van der Waals surface area contributed by atoms with Crippen molar-refractivity contribution in [2.24, 2.45) is 4.99 Å². The first kappa shape index (κ1) is 34.9. The number of aliphatic imine (C=N–C) groups is 1. The van der Waals surface area contributed by atoms with Gasteiger partial charge in [0.1, 0.15) is 28.4 Å². The van der Waals surface area contributed by atoms with E-state index < -0.39 is 52.2 Å². The smallest absolute Gasteiger partial charge is 0.338 e. The van der Waals surface area contributed by atoms with Crippen molar-refractivity contribution in [3.05, 3.63) is 80.0 Å². The average Bonchev–Trinajstić information content (AvgIpc) is 3.33. The predicted octanol–water partition coefficient (Wildman–Crippen LogP) is 1.76. The Morgan fingerprint density at radius 1 is 1.04 bits per heavy atom. The molecular formula is C29H31N5O11S. The number of methoxy groups -OCH3 is 2. The van der Waals surface area contributed by atoms with Gasteiger partial charge in [-0.15, -0.1) is 0 Å². The summed E-state index contributed by atoms with van der Waals surface area (Å²) in [7, 11) is 2.84. The Bertz CT molecular complexity index is 1750. The molecule has 1 aromatic heterocycles. The number of nitrogens with one attached hydrogen (secondary N) is 4. The van der Waals surface area contributed by atoms with Gasteiger partial charge >= 0.3 is 11.7 Å². The van der Waals surface area contributed by atoms with Crippen molar-refractivity contribution in [1.82, 2.24) is 15.3 Å². The Morgan fingerprint density at radius 3 is 2.30 bits per heavy atom. The molecule has 1 aliphatic heterocycles. The highest BCUT2D eigenvalue weighted by Crippen LogP contribution is 2.38. The fourth-order valence-corrected chi connectivity index (χ4v) is 5.08. The van der Waals surface area contributed by atoms with E-state index in [9.17, 15) is 29.1 Å². The number of aromatic nitrogens is 2. The minimum atomic E-state index is -1.26. The number of anilines is 1. The van der Waals surface area contributed by atoms with Crippen LogP contribution < -0.4 is 31.4 Å². The average molecular weight is 658 g/mol. The van der Waals surface area contributed by atoms with Gasteiger partial charge in [0.15, 0.2) is 5.17 Å². The van der Waals surface area contributed by atoms with Crippen LogP contribution in [-0.2, 0) is 19.1 Å². The van der Waals surface area contributed by atoms with Crippen LogP contribution in [0.5, 0.6) is 17.4 Å². The van der Waals surface area contributed by atoms with Crippen molar-refractivity contribution in [2.75, 3.05) is 26.1 Å². The number of benzene rings is 2. The third-order valence-corrected chi connectivity index (χ3v) is 7.13. The van der Waals surface area contributed by atoms with Crippen LogP contribution in [0, 0.1) is 0 Å². The summed E-state index contributed by atoms with van der Waals surface area (Å²) in [5.41, 5.74) is -1.10. The predicted molar refractivity (Wildman–Crippen MR) is 167 cm³/mol. The third-order valence-electron chi connectivity index (χ3n) is 6.04. The molecule has 6 N–H and O–H groups in total. The Kier molecular flexibility index (Phi) is 12.1. The minimum absolute atomic E-state index is 0.0662. The highest BCUT2D eigenvalue weighted by Gasteiger charge is 2.34. The summed E-state index contributed by atoms with van der Waals surface area (Å²) in [5.74, 6) is -2.32. The van der Waals surface area contributed by atoms with Gasteiger partial charge in [0.25, 0.3) is 11.5 Å². The van der Waals surface area contributed by atoms with E-state index in [1.54, 1.807) is 31.2 Å². The lowest BCUT2D eigenvalue weighted by molar-refractivity contribution is -0.134. The van der Waals surface area contributed by atoms with Crippen molar-refractivity contribution in [3.8, 4) is 17.4 Å². The van der Waals surface area contributed by atoms with Crippen LogP contribution in [0.4, 0.5) is 5.69 Å². The van der Waals surface area contributed by atoms with Gasteiger partial charge in [-0.05, 0) is 49.4 Å². The molecule has 4 rings (SSSR count). The molecule has 2 amide bonds. The van der Waals surface area contributed by atoms with Gasteiger partial charge in [0, 0.05) is 24.6 Å². The second kappa shape index (κ2) is 15.9. The van der Waals surface area contributed by atoms with Crippen LogP contribution >= 0.6 is 11.8 Å². The first-order valence-electron chi connectivity index (χ1n) is 13.5. The minimum Gasteiger partial charge on any atom is -0.497 e. The maximum atomic E-state index is 12.8. The molecule has 0 aliphatic carbocycles. The van der Waals surface area contributed by atoms with Crippen LogP contribution in [-0.4, -0.2) is 75.2 Å². The number of nitrogens with zero attached hydrogens (tertiary/aromatic N) is 1. The first-order valence-corrected chi connectivity index (χ1v) is 14.3. The van der Waals surface area contributed by atoms with E-state index in [-0.39, 0.29) is 29.5 Å². The zero-order valence-electron chi connectivity index (χ0n) is 25.0. The number of carbonyl (C=O) groups is 4. The number of ether oxygens (including phenoxy) is 3.